The van der Waals surface area contributed by atoms with E-state index in [1.54, 1.807) is 0 Å². The molecule has 34 heavy (non-hydrogen) atoms. The van der Waals surface area contributed by atoms with Gasteiger partial charge in [0.15, 0.2) is 5.15 Å². The van der Waals surface area contributed by atoms with Crippen LogP contribution in [0.5, 0.6) is 0 Å². The van der Waals surface area contributed by atoms with E-state index in [4.69, 9.17) is 11.6 Å². The minimum Gasteiger partial charge on any atom is -0.390 e. The minimum absolute atomic E-state index is 0.139. The fourth-order valence-corrected chi connectivity index (χ4v) is 4.63. The number of hydrogen-bond donors (Lipinski definition) is 2. The Morgan fingerprint density at radius 1 is 1.03 bits per heavy atom. The lowest BCUT2D eigenvalue weighted by Crippen LogP contribution is -2.09. The molecule has 0 spiro atoms. The third kappa shape index (κ3) is 4.20. The molecule has 0 unspecified atom stereocenters. The summed E-state index contributed by atoms with van der Waals surface area (Å²) in [6.45, 7) is 2.61. The Balaban J connectivity index is 1.54. The molecule has 0 atom stereocenters. The van der Waals surface area contributed by atoms with Gasteiger partial charge >= 0.3 is 0 Å². The number of tetrazole rings is 1. The number of H-pyrrole nitrogens is 1. The first kappa shape index (κ1) is 22.3. The average Bonchev–Trinajstić information content (AvgIpc) is 3.50. The van der Waals surface area contributed by atoms with Crippen molar-refractivity contribution in [1.82, 2.24) is 30.2 Å². The van der Waals surface area contributed by atoms with Crippen LogP contribution in [0.1, 0.15) is 36.8 Å². The number of halogens is 1. The van der Waals surface area contributed by atoms with Crippen molar-refractivity contribution in [2.24, 2.45) is 0 Å². The van der Waals surface area contributed by atoms with Gasteiger partial charge in [0.2, 0.25) is 5.82 Å². The number of imidazole rings is 1. The minimum atomic E-state index is -0.139. The topological polar surface area (TPSA) is 92.5 Å². The molecule has 2 N–H and O–H groups in total. The Kier molecular flexibility index (Phi) is 6.38. The van der Waals surface area contributed by atoms with Gasteiger partial charge in [-0.15, -0.1) is 10.2 Å². The number of rotatable bonds is 8. The number of aromatic amines is 1. The molecule has 172 valence electrons. The molecule has 0 bridgehead atoms. The van der Waals surface area contributed by atoms with E-state index in [2.05, 4.69) is 75.0 Å². The molecule has 0 saturated carbocycles. The molecule has 0 amide bonds. The largest absolute Gasteiger partial charge is 0.390 e. The standard InChI is InChI=1S/C26H25ClN6O/c1-2-3-8-23-28-25(27)22(16-34)33(23)15-17-9-11-19(12-10-17)24-20-7-5-4-6-18(20)13-14-21(24)26-29-31-32-30-26/h4-7,9-14,34H,2-3,8,15-16H2,1H3,(H,29,30,31,32). The lowest BCUT2D eigenvalue weighted by Gasteiger charge is -2.14. The summed E-state index contributed by atoms with van der Waals surface area (Å²) >= 11 is 6.31. The zero-order chi connectivity index (χ0) is 23.5. The lowest BCUT2D eigenvalue weighted by molar-refractivity contribution is 0.271. The highest BCUT2D eigenvalue weighted by Crippen LogP contribution is 2.36. The number of benzene rings is 3. The van der Waals surface area contributed by atoms with Crippen LogP contribution in [0.25, 0.3) is 33.3 Å². The van der Waals surface area contributed by atoms with Crippen LogP contribution in [0.4, 0.5) is 0 Å². The van der Waals surface area contributed by atoms with Crippen molar-refractivity contribution in [3.63, 3.8) is 0 Å². The monoisotopic (exact) mass is 472 g/mol. The Hall–Kier alpha value is -3.55. The number of unbranched alkanes of at least 4 members (excludes halogenated alkanes) is 1. The zero-order valence-electron chi connectivity index (χ0n) is 18.9. The predicted octanol–water partition coefficient (Wildman–Crippen LogP) is 5.42. The summed E-state index contributed by atoms with van der Waals surface area (Å²) in [5.74, 6) is 1.47. The van der Waals surface area contributed by atoms with Gasteiger partial charge in [-0.25, -0.2) is 4.98 Å². The Morgan fingerprint density at radius 2 is 1.85 bits per heavy atom. The highest BCUT2D eigenvalue weighted by molar-refractivity contribution is 6.30. The molecule has 5 aromatic rings. The van der Waals surface area contributed by atoms with Gasteiger partial charge in [0.1, 0.15) is 5.82 Å². The van der Waals surface area contributed by atoms with Crippen LogP contribution >= 0.6 is 11.6 Å². The summed E-state index contributed by atoms with van der Waals surface area (Å²) in [6.07, 6.45) is 2.93. The summed E-state index contributed by atoms with van der Waals surface area (Å²) in [4.78, 5) is 4.50. The van der Waals surface area contributed by atoms with Gasteiger partial charge in [0.25, 0.3) is 0 Å². The smallest absolute Gasteiger partial charge is 0.205 e. The molecule has 2 aromatic heterocycles. The first-order valence-electron chi connectivity index (χ1n) is 11.4. The number of aliphatic hydroxyl groups is 1. The molecule has 7 nitrogen and oxygen atoms in total. The summed E-state index contributed by atoms with van der Waals surface area (Å²) in [6, 6.07) is 20.9. The Labute approximate surface area is 202 Å². The molecule has 0 fully saturated rings. The molecule has 0 saturated heterocycles. The molecule has 0 aliphatic carbocycles. The molecule has 3 aromatic carbocycles. The van der Waals surface area contributed by atoms with E-state index in [0.717, 1.165) is 58.1 Å². The van der Waals surface area contributed by atoms with Gasteiger partial charge in [-0.3, -0.25) is 0 Å². The Morgan fingerprint density at radius 3 is 2.59 bits per heavy atom. The summed E-state index contributed by atoms with van der Waals surface area (Å²) < 4.78 is 2.04. The highest BCUT2D eigenvalue weighted by atomic mass is 35.5. The fourth-order valence-electron chi connectivity index (χ4n) is 4.37. The number of aryl methyl sites for hydroxylation is 1. The van der Waals surface area contributed by atoms with Gasteiger partial charge in [-0.05, 0) is 39.6 Å². The van der Waals surface area contributed by atoms with Crippen molar-refractivity contribution in [2.75, 3.05) is 0 Å². The maximum Gasteiger partial charge on any atom is 0.205 e. The van der Waals surface area contributed by atoms with Crippen molar-refractivity contribution in [1.29, 1.82) is 0 Å². The van der Waals surface area contributed by atoms with E-state index in [9.17, 15) is 5.11 Å². The Bertz CT molecular complexity index is 1410. The van der Waals surface area contributed by atoms with Crippen LogP contribution in [0, 0.1) is 0 Å². The predicted molar refractivity (Wildman–Crippen MR) is 133 cm³/mol. The SMILES string of the molecule is CCCCc1nc(Cl)c(CO)n1Cc1ccc(-c2c(-c3nn[nH]n3)ccc3ccccc23)cc1. The van der Waals surface area contributed by atoms with Crippen LogP contribution in [0.3, 0.4) is 0 Å². The normalized spacial score (nSPS) is 11.4. The highest BCUT2D eigenvalue weighted by Gasteiger charge is 2.17. The number of aromatic nitrogens is 6. The second kappa shape index (κ2) is 9.75. The third-order valence-corrected chi connectivity index (χ3v) is 6.41. The maximum absolute atomic E-state index is 9.87. The number of hydrogen-bond acceptors (Lipinski definition) is 5. The molecule has 8 heteroatoms. The van der Waals surface area contributed by atoms with Crippen molar-refractivity contribution in [2.45, 2.75) is 39.3 Å². The summed E-state index contributed by atoms with van der Waals surface area (Å²) in [7, 11) is 0. The van der Waals surface area contributed by atoms with Crippen LogP contribution in [0.2, 0.25) is 5.15 Å². The fraction of sp³-hybridized carbons (Fsp3) is 0.231. The number of aliphatic hydroxyl groups excluding tert-OH is 1. The van der Waals surface area contributed by atoms with Crippen molar-refractivity contribution in [3.8, 4) is 22.5 Å². The van der Waals surface area contributed by atoms with E-state index in [1.807, 2.05) is 22.8 Å². The number of fused-ring (bicyclic) bond motifs is 1. The second-order valence-electron chi connectivity index (χ2n) is 8.25. The first-order valence-corrected chi connectivity index (χ1v) is 11.8. The summed E-state index contributed by atoms with van der Waals surface area (Å²) in [5, 5.41) is 27.3. The van der Waals surface area contributed by atoms with Crippen molar-refractivity contribution in [3.05, 3.63) is 82.9 Å². The molecular formula is C26H25ClN6O. The van der Waals surface area contributed by atoms with Crippen molar-refractivity contribution >= 4 is 22.4 Å². The second-order valence-corrected chi connectivity index (χ2v) is 8.61. The van der Waals surface area contributed by atoms with Crippen molar-refractivity contribution < 1.29 is 5.11 Å². The van der Waals surface area contributed by atoms with Crippen LogP contribution in [-0.4, -0.2) is 35.3 Å². The maximum atomic E-state index is 9.87. The van der Waals surface area contributed by atoms with E-state index in [-0.39, 0.29) is 6.61 Å². The molecular weight excluding hydrogens is 448 g/mol. The molecule has 5 rings (SSSR count). The average molecular weight is 473 g/mol. The van der Waals surface area contributed by atoms with Crippen LogP contribution in [0.15, 0.2) is 60.7 Å². The van der Waals surface area contributed by atoms with E-state index in [1.165, 1.54) is 0 Å². The molecule has 2 heterocycles. The van der Waals surface area contributed by atoms with E-state index in [0.29, 0.717) is 23.2 Å². The molecule has 0 radical (unpaired) electrons. The van der Waals surface area contributed by atoms with E-state index < -0.39 is 0 Å². The number of nitrogens with zero attached hydrogens (tertiary/aromatic N) is 5. The lowest BCUT2D eigenvalue weighted by atomic mass is 9.92. The van der Waals surface area contributed by atoms with Gasteiger partial charge in [-0.2, -0.15) is 5.21 Å². The quantitative estimate of drug-likeness (QED) is 0.314. The third-order valence-electron chi connectivity index (χ3n) is 6.11. The van der Waals surface area contributed by atoms with Gasteiger partial charge < -0.3 is 9.67 Å². The van der Waals surface area contributed by atoms with Crippen LogP contribution < -0.4 is 0 Å². The summed E-state index contributed by atoms with van der Waals surface area (Å²) in [5.41, 5.74) is 4.82. The first-order chi connectivity index (χ1) is 16.7. The van der Waals surface area contributed by atoms with Gasteiger partial charge in [0.05, 0.1) is 12.3 Å². The number of nitrogens with one attached hydrogen (secondary N) is 1. The van der Waals surface area contributed by atoms with E-state index >= 15 is 0 Å². The van der Waals surface area contributed by atoms with Crippen LogP contribution in [-0.2, 0) is 19.6 Å². The van der Waals surface area contributed by atoms with Gasteiger partial charge in [-0.1, -0.05) is 79.5 Å². The molecule has 0 aliphatic heterocycles. The zero-order valence-corrected chi connectivity index (χ0v) is 19.6. The molecule has 0 aliphatic rings. The van der Waals surface area contributed by atoms with Gasteiger partial charge in [0, 0.05) is 24.1 Å².